The van der Waals surface area contributed by atoms with Crippen LogP contribution in [0.4, 0.5) is 25.2 Å². The molecule has 0 bridgehead atoms. The van der Waals surface area contributed by atoms with Gasteiger partial charge < -0.3 is 9.22 Å². The Morgan fingerprint density at radius 1 is 0.882 bits per heavy atom. The minimum atomic E-state index is -10.7. The van der Waals surface area contributed by atoms with E-state index in [1.165, 1.54) is 30.7 Å². The number of hydrogen-bond acceptors (Lipinski definition) is 1. The van der Waals surface area contributed by atoms with Gasteiger partial charge in [-0.3, -0.25) is 0 Å². The standard InChI is InChI=1S/C8H18NO.F6P/c1-3-9(4-2)5-7-10-8-6-9;1-7(2,3,4,5)6/h3-8H2,1-2H3;/q+1;-1. The van der Waals surface area contributed by atoms with Gasteiger partial charge in [0, 0.05) is 0 Å². The van der Waals surface area contributed by atoms with E-state index in [9.17, 15) is 25.2 Å². The number of ether oxygens (including phenoxy) is 1. The summed E-state index contributed by atoms with van der Waals surface area (Å²) in [7, 11) is -10.7. The average Bonchev–Trinajstić information content (AvgIpc) is 2.14. The minimum absolute atomic E-state index is 0.960. The van der Waals surface area contributed by atoms with E-state index in [2.05, 4.69) is 13.8 Å². The van der Waals surface area contributed by atoms with E-state index < -0.39 is 7.81 Å². The van der Waals surface area contributed by atoms with Crippen molar-refractivity contribution in [2.45, 2.75) is 13.8 Å². The molecule has 0 aromatic heterocycles. The van der Waals surface area contributed by atoms with E-state index in [1.807, 2.05) is 0 Å². The van der Waals surface area contributed by atoms with E-state index >= 15 is 0 Å². The molecule has 0 aromatic rings. The summed E-state index contributed by atoms with van der Waals surface area (Å²) in [6.07, 6.45) is 0. The Morgan fingerprint density at radius 2 is 1.18 bits per heavy atom. The molecule has 108 valence electrons. The molecule has 0 spiro atoms. The Morgan fingerprint density at radius 3 is 1.35 bits per heavy atom. The Bertz CT molecular complexity index is 227. The molecule has 0 aromatic carbocycles. The predicted octanol–water partition coefficient (Wildman–Crippen LogP) is 4.26. The zero-order valence-electron chi connectivity index (χ0n) is 9.81. The fraction of sp³-hybridized carbons (Fsp3) is 1.00. The van der Waals surface area contributed by atoms with E-state index in [1.54, 1.807) is 0 Å². The van der Waals surface area contributed by atoms with Gasteiger partial charge >= 0.3 is 33.0 Å². The Labute approximate surface area is 96.4 Å². The van der Waals surface area contributed by atoms with Crippen molar-refractivity contribution in [2.75, 3.05) is 39.4 Å². The summed E-state index contributed by atoms with van der Waals surface area (Å²) in [5, 5.41) is 0. The van der Waals surface area contributed by atoms with Crippen LogP contribution in [0.3, 0.4) is 0 Å². The fourth-order valence-electron chi connectivity index (χ4n) is 1.59. The Kier molecular flexibility index (Phi) is 4.53. The molecule has 1 fully saturated rings. The molecule has 0 unspecified atom stereocenters. The zero-order valence-corrected chi connectivity index (χ0v) is 10.7. The van der Waals surface area contributed by atoms with Crippen molar-refractivity contribution in [1.82, 2.24) is 0 Å². The molecular weight excluding hydrogens is 271 g/mol. The first-order valence-corrected chi connectivity index (χ1v) is 7.30. The van der Waals surface area contributed by atoms with Crippen molar-refractivity contribution in [3.8, 4) is 0 Å². The number of nitrogens with zero attached hydrogens (tertiary/aromatic N) is 1. The van der Waals surface area contributed by atoms with Gasteiger partial charge in [-0.05, 0) is 13.8 Å². The number of halogens is 6. The number of rotatable bonds is 2. The normalized spacial score (nSPS) is 24.0. The number of hydrogen-bond donors (Lipinski definition) is 0. The second-order valence-corrected chi connectivity index (χ2v) is 5.91. The molecule has 1 aliphatic rings. The molecule has 1 saturated heterocycles. The molecule has 0 amide bonds. The van der Waals surface area contributed by atoms with Gasteiger partial charge in [-0.25, -0.2) is 0 Å². The van der Waals surface area contributed by atoms with Crippen molar-refractivity contribution >= 4 is 7.81 Å². The van der Waals surface area contributed by atoms with Crippen molar-refractivity contribution in [3.05, 3.63) is 0 Å². The van der Waals surface area contributed by atoms with E-state index in [0.717, 1.165) is 13.2 Å². The SMILES string of the molecule is CC[N+]1(CC)CCOCC1.F[P-](F)(F)(F)(F)F. The van der Waals surface area contributed by atoms with E-state index in [0.29, 0.717) is 0 Å². The molecule has 9 heteroatoms. The summed E-state index contributed by atoms with van der Waals surface area (Å²) in [5.74, 6) is 0. The predicted molar refractivity (Wildman–Crippen MR) is 55.5 cm³/mol. The van der Waals surface area contributed by atoms with Gasteiger partial charge in [0.2, 0.25) is 0 Å². The van der Waals surface area contributed by atoms with Gasteiger partial charge in [0.25, 0.3) is 0 Å². The molecule has 0 saturated carbocycles. The third-order valence-electron chi connectivity index (χ3n) is 2.76. The average molecular weight is 289 g/mol. The summed E-state index contributed by atoms with van der Waals surface area (Å²) >= 11 is 0. The monoisotopic (exact) mass is 289 g/mol. The van der Waals surface area contributed by atoms with Crippen molar-refractivity contribution in [2.24, 2.45) is 0 Å². The number of quaternary nitrogens is 1. The molecule has 1 heterocycles. The van der Waals surface area contributed by atoms with Crippen LogP contribution in [-0.4, -0.2) is 43.9 Å². The third kappa shape index (κ3) is 12.2. The molecule has 2 nitrogen and oxygen atoms in total. The van der Waals surface area contributed by atoms with Gasteiger partial charge in [-0.15, -0.1) is 0 Å². The van der Waals surface area contributed by atoms with Crippen LogP contribution in [0.15, 0.2) is 0 Å². The molecule has 1 rings (SSSR count). The molecule has 0 atom stereocenters. The summed E-state index contributed by atoms with van der Waals surface area (Å²) in [5.41, 5.74) is 0. The third-order valence-corrected chi connectivity index (χ3v) is 2.76. The zero-order chi connectivity index (χ0) is 13.9. The van der Waals surface area contributed by atoms with Crippen molar-refractivity contribution < 1.29 is 34.4 Å². The molecule has 1 aliphatic heterocycles. The molecule has 0 radical (unpaired) electrons. The van der Waals surface area contributed by atoms with Gasteiger partial charge in [0.05, 0.1) is 26.3 Å². The van der Waals surface area contributed by atoms with E-state index in [4.69, 9.17) is 4.74 Å². The summed E-state index contributed by atoms with van der Waals surface area (Å²) in [6.45, 7) is 11.4. The van der Waals surface area contributed by atoms with Gasteiger partial charge in [0.15, 0.2) is 0 Å². The van der Waals surface area contributed by atoms with Gasteiger partial charge in [0.1, 0.15) is 13.1 Å². The molecule has 17 heavy (non-hydrogen) atoms. The van der Waals surface area contributed by atoms with Crippen LogP contribution in [-0.2, 0) is 4.74 Å². The fourth-order valence-corrected chi connectivity index (χ4v) is 1.59. The van der Waals surface area contributed by atoms with Crippen molar-refractivity contribution in [1.29, 1.82) is 0 Å². The summed E-state index contributed by atoms with van der Waals surface area (Å²) < 4.78 is 65.8. The van der Waals surface area contributed by atoms with Crippen LogP contribution in [0.2, 0.25) is 0 Å². The second-order valence-electron chi connectivity index (χ2n) is 3.99. The maximum atomic E-state index is 9.87. The first-order chi connectivity index (χ1) is 7.28. The number of likely N-dealkylation sites (N-methyl/N-ethyl adjacent to an activating group) is 1. The first kappa shape index (κ1) is 16.9. The van der Waals surface area contributed by atoms with Gasteiger partial charge in [-0.1, -0.05) is 0 Å². The molecule has 0 N–H and O–H groups in total. The Balaban J connectivity index is 0.000000325. The van der Waals surface area contributed by atoms with Crippen LogP contribution in [0.5, 0.6) is 0 Å². The quantitative estimate of drug-likeness (QED) is 0.419. The Hall–Kier alpha value is -0.0700. The van der Waals surface area contributed by atoms with Crippen LogP contribution in [0, 0.1) is 0 Å². The topological polar surface area (TPSA) is 9.23 Å². The first-order valence-electron chi connectivity index (χ1n) is 5.27. The summed E-state index contributed by atoms with van der Waals surface area (Å²) in [6, 6.07) is 0. The van der Waals surface area contributed by atoms with Crippen LogP contribution in [0.25, 0.3) is 0 Å². The van der Waals surface area contributed by atoms with Crippen LogP contribution >= 0.6 is 7.81 Å². The van der Waals surface area contributed by atoms with E-state index in [-0.39, 0.29) is 0 Å². The van der Waals surface area contributed by atoms with Crippen LogP contribution < -0.4 is 0 Å². The van der Waals surface area contributed by atoms with Crippen molar-refractivity contribution in [3.63, 3.8) is 0 Å². The van der Waals surface area contributed by atoms with Crippen LogP contribution in [0.1, 0.15) is 13.8 Å². The molecular formula is C8H18F6NOP. The molecule has 0 aliphatic carbocycles. The maximum absolute atomic E-state index is 10.7. The second kappa shape index (κ2) is 4.55. The van der Waals surface area contributed by atoms with Gasteiger partial charge in [-0.2, -0.15) is 0 Å². The number of morpholine rings is 1. The summed E-state index contributed by atoms with van der Waals surface area (Å²) in [4.78, 5) is 0.